The summed E-state index contributed by atoms with van der Waals surface area (Å²) in [5, 5.41) is 2.03. The Bertz CT molecular complexity index is 1160. The molecule has 37 heavy (non-hydrogen) atoms. The molecule has 0 N–H and O–H groups in total. The van der Waals surface area contributed by atoms with Crippen molar-refractivity contribution in [1.29, 1.82) is 0 Å². The minimum Gasteiger partial charge on any atom is -0.493 e. The van der Waals surface area contributed by atoms with Crippen molar-refractivity contribution in [2.24, 2.45) is 0 Å². The lowest BCUT2D eigenvalue weighted by Gasteiger charge is -2.30. The molecule has 1 aliphatic carbocycles. The zero-order chi connectivity index (χ0) is 26.2. The number of methoxy groups -OCH3 is 2. The number of carbonyl (C=O) groups excluding carboxylic acids is 2. The summed E-state index contributed by atoms with van der Waals surface area (Å²) in [4.78, 5) is 32.2. The van der Waals surface area contributed by atoms with Crippen LogP contribution in [0.1, 0.15) is 48.1 Å². The molecule has 2 aromatic carbocycles. The second kappa shape index (κ2) is 12.8. The fourth-order valence-electron chi connectivity index (χ4n) is 4.64. The molecule has 6 nitrogen and oxygen atoms in total. The van der Waals surface area contributed by atoms with Crippen molar-refractivity contribution < 1.29 is 19.1 Å². The van der Waals surface area contributed by atoms with E-state index in [0.29, 0.717) is 37.4 Å². The summed E-state index contributed by atoms with van der Waals surface area (Å²) in [5.41, 5.74) is 2.07. The van der Waals surface area contributed by atoms with Crippen LogP contribution in [0.25, 0.3) is 0 Å². The lowest BCUT2D eigenvalue weighted by Crippen LogP contribution is -2.45. The average molecular weight is 521 g/mol. The zero-order valence-corrected chi connectivity index (χ0v) is 22.7. The van der Waals surface area contributed by atoms with Crippen LogP contribution in [0, 0.1) is 0 Å². The minimum atomic E-state index is -0.230. The highest BCUT2D eigenvalue weighted by atomic mass is 32.1. The van der Waals surface area contributed by atoms with Gasteiger partial charge in [-0.3, -0.25) is 9.59 Å². The molecule has 1 aromatic heterocycles. The SMILES string of the molecule is CCC(C(=O)N(CC(=O)N(CCc1ccc(OC)c(OC)c1)Cc1cccs1)C1CC1)c1ccccc1. The summed E-state index contributed by atoms with van der Waals surface area (Å²) >= 11 is 1.64. The highest BCUT2D eigenvalue weighted by Crippen LogP contribution is 2.32. The third-order valence-electron chi connectivity index (χ3n) is 6.88. The number of hydrogen-bond donors (Lipinski definition) is 0. The van der Waals surface area contributed by atoms with Gasteiger partial charge in [0.05, 0.1) is 26.7 Å². The van der Waals surface area contributed by atoms with Crippen LogP contribution in [0.3, 0.4) is 0 Å². The third-order valence-corrected chi connectivity index (χ3v) is 7.74. The molecule has 0 bridgehead atoms. The average Bonchev–Trinajstić information content (AvgIpc) is 3.64. The van der Waals surface area contributed by atoms with Crippen molar-refractivity contribution in [2.45, 2.75) is 51.1 Å². The summed E-state index contributed by atoms with van der Waals surface area (Å²) in [6.07, 6.45) is 3.30. The Labute approximate surface area is 223 Å². The van der Waals surface area contributed by atoms with Gasteiger partial charge >= 0.3 is 0 Å². The van der Waals surface area contributed by atoms with Gasteiger partial charge in [-0.15, -0.1) is 11.3 Å². The smallest absolute Gasteiger partial charge is 0.242 e. The molecule has 196 valence electrons. The van der Waals surface area contributed by atoms with Gasteiger partial charge in [0.15, 0.2) is 11.5 Å². The van der Waals surface area contributed by atoms with Gasteiger partial charge in [-0.1, -0.05) is 49.4 Å². The number of ether oxygens (including phenoxy) is 2. The normalized spacial score (nSPS) is 13.6. The largest absolute Gasteiger partial charge is 0.493 e. The fourth-order valence-corrected chi connectivity index (χ4v) is 5.36. The van der Waals surface area contributed by atoms with Crippen molar-refractivity contribution >= 4 is 23.2 Å². The Balaban J connectivity index is 1.49. The van der Waals surface area contributed by atoms with E-state index in [1.54, 1.807) is 25.6 Å². The fraction of sp³-hybridized carbons (Fsp3) is 0.400. The van der Waals surface area contributed by atoms with Crippen molar-refractivity contribution in [1.82, 2.24) is 9.80 Å². The molecule has 7 heteroatoms. The van der Waals surface area contributed by atoms with Gasteiger partial charge in [-0.25, -0.2) is 0 Å². The highest BCUT2D eigenvalue weighted by molar-refractivity contribution is 7.09. The first-order chi connectivity index (χ1) is 18.0. The van der Waals surface area contributed by atoms with E-state index < -0.39 is 0 Å². The molecule has 1 unspecified atom stereocenters. The Morgan fingerprint density at radius 3 is 2.38 bits per heavy atom. The van der Waals surface area contributed by atoms with Gasteiger partial charge < -0.3 is 19.3 Å². The molecular weight excluding hydrogens is 484 g/mol. The molecule has 1 atom stereocenters. The summed E-state index contributed by atoms with van der Waals surface area (Å²) in [6.45, 7) is 3.24. The summed E-state index contributed by atoms with van der Waals surface area (Å²) in [5.74, 6) is 1.16. The standard InChI is InChI=1S/C30H36N2O4S/c1-4-26(23-9-6-5-7-10-23)30(34)32(24-13-14-24)21-29(33)31(20-25-11-8-18-37-25)17-16-22-12-15-27(35-2)28(19-22)36-3/h5-12,15,18-19,24,26H,4,13-14,16-17,20-21H2,1-3H3. The Morgan fingerprint density at radius 2 is 1.76 bits per heavy atom. The molecule has 0 spiro atoms. The monoisotopic (exact) mass is 520 g/mol. The maximum absolute atomic E-state index is 13.7. The molecule has 0 aliphatic heterocycles. The molecule has 3 aromatic rings. The van der Waals surface area contributed by atoms with Gasteiger partial charge in [0.1, 0.15) is 6.54 Å². The summed E-state index contributed by atoms with van der Waals surface area (Å²) < 4.78 is 10.8. The Kier molecular flexibility index (Phi) is 9.23. The second-order valence-corrected chi connectivity index (χ2v) is 10.4. The van der Waals surface area contributed by atoms with Crippen LogP contribution in [0.4, 0.5) is 0 Å². The van der Waals surface area contributed by atoms with Crippen molar-refractivity contribution in [3.8, 4) is 11.5 Å². The predicted molar refractivity (Wildman–Crippen MR) is 147 cm³/mol. The van der Waals surface area contributed by atoms with Crippen LogP contribution in [0.2, 0.25) is 0 Å². The number of rotatable bonds is 13. The molecular formula is C30H36N2O4S. The van der Waals surface area contributed by atoms with Gasteiger partial charge in [-0.05, 0) is 60.4 Å². The highest BCUT2D eigenvalue weighted by Gasteiger charge is 2.37. The first-order valence-electron chi connectivity index (χ1n) is 12.9. The van der Waals surface area contributed by atoms with Crippen molar-refractivity contribution in [3.05, 3.63) is 82.0 Å². The van der Waals surface area contributed by atoms with E-state index in [1.807, 2.05) is 82.8 Å². The molecule has 1 heterocycles. The van der Waals surface area contributed by atoms with Crippen LogP contribution in [0.5, 0.6) is 11.5 Å². The van der Waals surface area contributed by atoms with Gasteiger partial charge in [0.25, 0.3) is 0 Å². The van der Waals surface area contributed by atoms with Crippen LogP contribution in [-0.4, -0.2) is 55.0 Å². The zero-order valence-electron chi connectivity index (χ0n) is 21.9. The third kappa shape index (κ3) is 6.92. The van der Waals surface area contributed by atoms with Crippen molar-refractivity contribution in [2.75, 3.05) is 27.3 Å². The van der Waals surface area contributed by atoms with Crippen LogP contribution < -0.4 is 9.47 Å². The summed E-state index contributed by atoms with van der Waals surface area (Å²) in [7, 11) is 3.24. The number of hydrogen-bond acceptors (Lipinski definition) is 5. The van der Waals surface area contributed by atoms with Crippen LogP contribution in [-0.2, 0) is 22.6 Å². The Hall–Kier alpha value is -3.32. The number of amides is 2. The minimum absolute atomic E-state index is 0.0166. The van der Waals surface area contributed by atoms with Gasteiger partial charge in [0, 0.05) is 17.5 Å². The van der Waals surface area contributed by atoms with Gasteiger partial charge in [0.2, 0.25) is 11.8 Å². The second-order valence-electron chi connectivity index (χ2n) is 9.40. The van der Waals surface area contributed by atoms with Gasteiger partial charge in [-0.2, -0.15) is 0 Å². The van der Waals surface area contributed by atoms with Crippen LogP contribution >= 0.6 is 11.3 Å². The van der Waals surface area contributed by atoms with E-state index >= 15 is 0 Å². The quantitative estimate of drug-likeness (QED) is 0.298. The first-order valence-corrected chi connectivity index (χ1v) is 13.8. The van der Waals surface area contributed by atoms with Crippen LogP contribution in [0.15, 0.2) is 66.0 Å². The molecule has 1 fully saturated rings. The van der Waals surface area contributed by atoms with Crippen molar-refractivity contribution in [3.63, 3.8) is 0 Å². The lowest BCUT2D eigenvalue weighted by atomic mass is 9.95. The number of nitrogens with zero attached hydrogens (tertiary/aromatic N) is 2. The topological polar surface area (TPSA) is 59.1 Å². The first kappa shape index (κ1) is 26.7. The van der Waals surface area contributed by atoms with E-state index in [0.717, 1.165) is 28.8 Å². The molecule has 1 aliphatic rings. The lowest BCUT2D eigenvalue weighted by molar-refractivity contribution is -0.142. The molecule has 0 radical (unpaired) electrons. The van der Waals surface area contributed by atoms with E-state index in [-0.39, 0.29) is 30.3 Å². The molecule has 2 amide bonds. The maximum atomic E-state index is 13.7. The molecule has 0 saturated heterocycles. The summed E-state index contributed by atoms with van der Waals surface area (Å²) in [6, 6.07) is 20.0. The predicted octanol–water partition coefficient (Wildman–Crippen LogP) is 5.52. The van der Waals surface area contributed by atoms with E-state index in [2.05, 4.69) is 0 Å². The molecule has 4 rings (SSSR count). The van der Waals surface area contributed by atoms with E-state index in [4.69, 9.17) is 9.47 Å². The Morgan fingerprint density at radius 1 is 1.00 bits per heavy atom. The van der Waals surface area contributed by atoms with E-state index in [9.17, 15) is 9.59 Å². The number of thiophene rings is 1. The maximum Gasteiger partial charge on any atom is 0.242 e. The molecule has 1 saturated carbocycles. The number of benzene rings is 2. The van der Waals surface area contributed by atoms with E-state index in [1.165, 1.54) is 0 Å². The number of carbonyl (C=O) groups is 2.